The lowest BCUT2D eigenvalue weighted by atomic mass is 10.2. The number of aromatic nitrogens is 1. The van der Waals surface area contributed by atoms with Crippen LogP contribution in [-0.4, -0.2) is 31.2 Å². The van der Waals surface area contributed by atoms with E-state index in [2.05, 4.69) is 15.6 Å². The van der Waals surface area contributed by atoms with Gasteiger partial charge < -0.3 is 15.4 Å². The third-order valence-corrected chi connectivity index (χ3v) is 3.53. The zero-order chi connectivity index (χ0) is 16.7. The van der Waals surface area contributed by atoms with Gasteiger partial charge in [0.1, 0.15) is 5.69 Å². The van der Waals surface area contributed by atoms with Crippen molar-refractivity contribution in [2.45, 2.75) is 13.3 Å². The number of rotatable bonds is 7. The van der Waals surface area contributed by atoms with Crippen molar-refractivity contribution in [3.63, 3.8) is 0 Å². The van der Waals surface area contributed by atoms with Crippen molar-refractivity contribution in [2.24, 2.45) is 0 Å². The highest BCUT2D eigenvalue weighted by atomic mass is 35.5. The lowest BCUT2D eigenvalue weighted by Crippen LogP contribution is -2.14. The number of carbonyl (C=O) groups is 1. The number of aryl methyl sites for hydroxylation is 1. The highest BCUT2D eigenvalue weighted by Gasteiger charge is 2.09. The standard InChI is InChI=1S/C17H20ClN3O2/c1-12-4-5-13(18)10-16(12)21-17(22)15-7-6-14(11-20-15)19-8-3-9-23-2/h4-7,10-11,19H,3,8-9H2,1-2H3,(H,21,22). The molecule has 0 aliphatic carbocycles. The van der Waals surface area contributed by atoms with Gasteiger partial charge in [-0.1, -0.05) is 17.7 Å². The first-order valence-electron chi connectivity index (χ1n) is 7.36. The molecule has 0 fully saturated rings. The number of pyridine rings is 1. The first-order chi connectivity index (χ1) is 11.1. The summed E-state index contributed by atoms with van der Waals surface area (Å²) in [6.07, 6.45) is 2.55. The van der Waals surface area contributed by atoms with E-state index in [1.165, 1.54) is 0 Å². The quantitative estimate of drug-likeness (QED) is 0.758. The molecule has 1 amide bonds. The summed E-state index contributed by atoms with van der Waals surface area (Å²) in [5.74, 6) is -0.263. The number of methoxy groups -OCH3 is 1. The van der Waals surface area contributed by atoms with E-state index >= 15 is 0 Å². The Morgan fingerprint density at radius 1 is 1.30 bits per heavy atom. The minimum atomic E-state index is -0.263. The Bertz CT molecular complexity index is 659. The van der Waals surface area contributed by atoms with Crippen LogP contribution in [0.2, 0.25) is 5.02 Å². The van der Waals surface area contributed by atoms with E-state index in [0.717, 1.165) is 24.2 Å². The highest BCUT2D eigenvalue weighted by molar-refractivity contribution is 6.31. The summed E-state index contributed by atoms with van der Waals surface area (Å²) in [7, 11) is 1.68. The summed E-state index contributed by atoms with van der Waals surface area (Å²) in [5, 5.41) is 6.62. The lowest BCUT2D eigenvalue weighted by molar-refractivity contribution is 0.102. The molecule has 23 heavy (non-hydrogen) atoms. The van der Waals surface area contributed by atoms with Crippen LogP contribution in [0.4, 0.5) is 11.4 Å². The van der Waals surface area contributed by atoms with Crippen LogP contribution in [0.15, 0.2) is 36.5 Å². The third-order valence-electron chi connectivity index (χ3n) is 3.30. The first-order valence-corrected chi connectivity index (χ1v) is 7.74. The number of nitrogens with one attached hydrogen (secondary N) is 2. The second-order valence-corrected chi connectivity index (χ2v) is 5.56. The fourth-order valence-corrected chi connectivity index (χ4v) is 2.17. The van der Waals surface area contributed by atoms with Gasteiger partial charge >= 0.3 is 0 Å². The molecule has 1 heterocycles. The number of halogens is 1. The van der Waals surface area contributed by atoms with Gasteiger partial charge in [-0.15, -0.1) is 0 Å². The molecule has 1 aromatic carbocycles. The maximum absolute atomic E-state index is 12.2. The Balaban J connectivity index is 1.96. The molecule has 122 valence electrons. The lowest BCUT2D eigenvalue weighted by Gasteiger charge is -2.09. The summed E-state index contributed by atoms with van der Waals surface area (Å²) in [6, 6.07) is 8.89. The number of benzene rings is 1. The van der Waals surface area contributed by atoms with E-state index in [9.17, 15) is 4.79 Å². The van der Waals surface area contributed by atoms with Crippen LogP contribution >= 0.6 is 11.6 Å². The maximum Gasteiger partial charge on any atom is 0.274 e. The van der Waals surface area contributed by atoms with Gasteiger partial charge in [-0.3, -0.25) is 4.79 Å². The molecule has 0 bridgehead atoms. The number of nitrogens with zero attached hydrogens (tertiary/aromatic N) is 1. The molecular weight excluding hydrogens is 314 g/mol. The average Bonchev–Trinajstić information content (AvgIpc) is 2.55. The van der Waals surface area contributed by atoms with Crippen LogP contribution < -0.4 is 10.6 Å². The first kappa shape index (κ1) is 17.2. The van der Waals surface area contributed by atoms with Gasteiger partial charge in [0.15, 0.2) is 0 Å². The molecular formula is C17H20ClN3O2. The van der Waals surface area contributed by atoms with E-state index < -0.39 is 0 Å². The van der Waals surface area contributed by atoms with Crippen molar-refractivity contribution in [3.8, 4) is 0 Å². The van der Waals surface area contributed by atoms with Crippen LogP contribution in [0, 0.1) is 6.92 Å². The van der Waals surface area contributed by atoms with Gasteiger partial charge in [0.2, 0.25) is 0 Å². The molecule has 2 aromatic rings. The van der Waals surface area contributed by atoms with Gasteiger partial charge in [0.25, 0.3) is 5.91 Å². The van der Waals surface area contributed by atoms with Crippen LogP contribution in [-0.2, 0) is 4.74 Å². The van der Waals surface area contributed by atoms with Crippen molar-refractivity contribution in [2.75, 3.05) is 30.9 Å². The molecule has 0 atom stereocenters. The fraction of sp³-hybridized carbons (Fsp3) is 0.294. The molecule has 0 spiro atoms. The molecule has 0 radical (unpaired) electrons. The topological polar surface area (TPSA) is 63.2 Å². The van der Waals surface area contributed by atoms with Gasteiger partial charge in [-0.2, -0.15) is 0 Å². The molecule has 2 rings (SSSR count). The predicted molar refractivity (Wildman–Crippen MR) is 93.4 cm³/mol. The monoisotopic (exact) mass is 333 g/mol. The van der Waals surface area contributed by atoms with E-state index in [1.807, 2.05) is 19.1 Å². The Kier molecular flexibility index (Phi) is 6.38. The Hall–Kier alpha value is -2.11. The van der Waals surface area contributed by atoms with Crippen molar-refractivity contribution < 1.29 is 9.53 Å². The van der Waals surface area contributed by atoms with Gasteiger partial charge in [0, 0.05) is 31.0 Å². The number of ether oxygens (including phenoxy) is 1. The average molecular weight is 334 g/mol. The molecule has 6 heteroatoms. The smallest absolute Gasteiger partial charge is 0.274 e. The normalized spacial score (nSPS) is 10.4. The SMILES string of the molecule is COCCCNc1ccc(C(=O)Nc2cc(Cl)ccc2C)nc1. The minimum absolute atomic E-state index is 0.263. The maximum atomic E-state index is 12.2. The van der Waals surface area contributed by atoms with E-state index in [1.54, 1.807) is 31.5 Å². The Morgan fingerprint density at radius 3 is 2.83 bits per heavy atom. The summed E-state index contributed by atoms with van der Waals surface area (Å²) in [5.41, 5.74) is 2.86. The predicted octanol–water partition coefficient (Wildman–Crippen LogP) is 3.74. The zero-order valence-electron chi connectivity index (χ0n) is 13.2. The van der Waals surface area contributed by atoms with Crippen molar-refractivity contribution in [3.05, 3.63) is 52.8 Å². The summed E-state index contributed by atoms with van der Waals surface area (Å²) < 4.78 is 4.99. The largest absolute Gasteiger partial charge is 0.385 e. The van der Waals surface area contributed by atoms with Crippen molar-refractivity contribution >= 4 is 28.9 Å². The highest BCUT2D eigenvalue weighted by Crippen LogP contribution is 2.20. The van der Waals surface area contributed by atoms with E-state index in [0.29, 0.717) is 23.0 Å². The molecule has 5 nitrogen and oxygen atoms in total. The van der Waals surface area contributed by atoms with Gasteiger partial charge in [-0.25, -0.2) is 4.98 Å². The Labute approximate surface area is 141 Å². The number of carbonyl (C=O) groups excluding carboxylic acids is 1. The third kappa shape index (κ3) is 5.23. The number of hydrogen-bond donors (Lipinski definition) is 2. The molecule has 1 aromatic heterocycles. The van der Waals surface area contributed by atoms with Gasteiger partial charge in [-0.05, 0) is 43.2 Å². The zero-order valence-corrected chi connectivity index (χ0v) is 14.0. The number of anilines is 2. The molecule has 0 aliphatic rings. The van der Waals surface area contributed by atoms with Gasteiger partial charge in [0.05, 0.1) is 11.9 Å². The number of amides is 1. The second kappa shape index (κ2) is 8.50. The van der Waals surface area contributed by atoms with Crippen LogP contribution in [0.5, 0.6) is 0 Å². The fourth-order valence-electron chi connectivity index (χ4n) is 2.00. The van der Waals surface area contributed by atoms with E-state index in [4.69, 9.17) is 16.3 Å². The molecule has 0 saturated heterocycles. The van der Waals surface area contributed by atoms with Crippen molar-refractivity contribution in [1.82, 2.24) is 4.98 Å². The summed E-state index contributed by atoms with van der Waals surface area (Å²) in [6.45, 7) is 3.41. The molecule has 0 aliphatic heterocycles. The van der Waals surface area contributed by atoms with Crippen LogP contribution in [0.25, 0.3) is 0 Å². The van der Waals surface area contributed by atoms with E-state index in [-0.39, 0.29) is 5.91 Å². The summed E-state index contributed by atoms with van der Waals surface area (Å²) in [4.78, 5) is 16.4. The molecule has 0 unspecified atom stereocenters. The number of hydrogen-bond acceptors (Lipinski definition) is 4. The molecule has 2 N–H and O–H groups in total. The van der Waals surface area contributed by atoms with Crippen molar-refractivity contribution in [1.29, 1.82) is 0 Å². The minimum Gasteiger partial charge on any atom is -0.385 e. The van der Waals surface area contributed by atoms with Crippen LogP contribution in [0.1, 0.15) is 22.5 Å². The van der Waals surface area contributed by atoms with Crippen LogP contribution in [0.3, 0.4) is 0 Å². The Morgan fingerprint density at radius 2 is 2.13 bits per heavy atom. The summed E-state index contributed by atoms with van der Waals surface area (Å²) >= 11 is 5.95. The second-order valence-electron chi connectivity index (χ2n) is 5.12. The molecule has 0 saturated carbocycles.